The normalized spacial score (nSPS) is 26.9. The van der Waals surface area contributed by atoms with Gasteiger partial charge < -0.3 is 10.5 Å². The van der Waals surface area contributed by atoms with Crippen LogP contribution in [0.25, 0.3) is 0 Å². The highest BCUT2D eigenvalue weighted by Gasteiger charge is 2.26. The van der Waals surface area contributed by atoms with Crippen molar-refractivity contribution in [1.29, 1.82) is 0 Å². The first-order valence-electron chi connectivity index (χ1n) is 4.34. The zero-order valence-corrected chi connectivity index (χ0v) is 7.24. The lowest BCUT2D eigenvalue weighted by Gasteiger charge is -2.29. The molecule has 0 radical (unpaired) electrons. The van der Waals surface area contributed by atoms with Gasteiger partial charge in [-0.3, -0.25) is 0 Å². The summed E-state index contributed by atoms with van der Waals surface area (Å²) in [6.07, 6.45) is -0.477. The van der Waals surface area contributed by atoms with Crippen LogP contribution in [-0.4, -0.2) is 12.8 Å². The molecule has 0 aliphatic carbocycles. The highest BCUT2D eigenvalue weighted by atomic mass is 19.1. The van der Waals surface area contributed by atoms with Gasteiger partial charge in [0.1, 0.15) is 12.8 Å². The predicted molar refractivity (Wildman–Crippen MR) is 47.9 cm³/mol. The Bertz CT molecular complexity index is 303. The molecule has 1 aliphatic rings. The molecule has 3 heteroatoms. The fourth-order valence-corrected chi connectivity index (χ4v) is 1.63. The smallest absolute Gasteiger partial charge is 0.117 e. The average Bonchev–Trinajstić information content (AvgIpc) is 2.19. The monoisotopic (exact) mass is 181 g/mol. The average molecular weight is 181 g/mol. The summed E-state index contributed by atoms with van der Waals surface area (Å²) in [7, 11) is 0. The van der Waals surface area contributed by atoms with Crippen LogP contribution in [0.5, 0.6) is 0 Å². The largest absolute Gasteiger partial charge is 0.369 e. The molecular weight excluding hydrogens is 169 g/mol. The van der Waals surface area contributed by atoms with E-state index in [2.05, 4.69) is 0 Å². The van der Waals surface area contributed by atoms with Crippen LogP contribution in [0, 0.1) is 0 Å². The molecule has 0 saturated heterocycles. The van der Waals surface area contributed by atoms with Crippen molar-refractivity contribution in [3.8, 4) is 0 Å². The number of halogens is 1. The lowest BCUT2D eigenvalue weighted by molar-refractivity contribution is -0.00557. The van der Waals surface area contributed by atoms with Gasteiger partial charge in [-0.05, 0) is 11.1 Å². The molecule has 0 fully saturated rings. The van der Waals surface area contributed by atoms with E-state index in [9.17, 15) is 4.39 Å². The first-order chi connectivity index (χ1) is 6.33. The summed E-state index contributed by atoms with van der Waals surface area (Å²) in [6, 6.07) is 7.42. The van der Waals surface area contributed by atoms with E-state index in [1.165, 1.54) is 0 Å². The number of nitrogens with two attached hydrogens (primary N) is 1. The second kappa shape index (κ2) is 3.44. The maximum Gasteiger partial charge on any atom is 0.117 e. The van der Waals surface area contributed by atoms with E-state index < -0.39 is 12.8 Å². The molecule has 0 spiro atoms. The Balaban J connectivity index is 2.33. The summed E-state index contributed by atoms with van der Waals surface area (Å²) in [5, 5.41) is 0. The molecule has 2 N–H and O–H groups in total. The van der Waals surface area contributed by atoms with Gasteiger partial charge in [0, 0.05) is 0 Å². The van der Waals surface area contributed by atoms with E-state index in [0.29, 0.717) is 6.61 Å². The molecule has 1 aromatic carbocycles. The molecule has 70 valence electrons. The summed E-state index contributed by atoms with van der Waals surface area (Å²) < 4.78 is 17.7. The lowest BCUT2D eigenvalue weighted by Crippen LogP contribution is -2.35. The van der Waals surface area contributed by atoms with E-state index in [1.807, 2.05) is 24.3 Å². The van der Waals surface area contributed by atoms with Gasteiger partial charge >= 0.3 is 0 Å². The second-order valence-electron chi connectivity index (χ2n) is 3.23. The third-order valence-electron chi connectivity index (χ3n) is 2.42. The van der Waals surface area contributed by atoms with Crippen LogP contribution in [0.4, 0.5) is 4.39 Å². The van der Waals surface area contributed by atoms with Gasteiger partial charge in [0.25, 0.3) is 0 Å². The minimum Gasteiger partial charge on any atom is -0.369 e. The number of benzene rings is 1. The van der Waals surface area contributed by atoms with E-state index in [-0.39, 0.29) is 6.04 Å². The Kier molecular flexibility index (Phi) is 2.29. The Morgan fingerprint density at radius 2 is 2.23 bits per heavy atom. The van der Waals surface area contributed by atoms with Crippen molar-refractivity contribution in [2.45, 2.75) is 18.8 Å². The van der Waals surface area contributed by atoms with Crippen LogP contribution in [0.1, 0.15) is 17.2 Å². The summed E-state index contributed by atoms with van der Waals surface area (Å²) >= 11 is 0. The van der Waals surface area contributed by atoms with Crippen molar-refractivity contribution in [2.24, 2.45) is 5.73 Å². The van der Waals surface area contributed by atoms with Crippen molar-refractivity contribution in [2.75, 3.05) is 6.67 Å². The molecule has 1 aromatic rings. The Morgan fingerprint density at radius 1 is 1.46 bits per heavy atom. The van der Waals surface area contributed by atoms with Crippen molar-refractivity contribution in [3.63, 3.8) is 0 Å². The van der Waals surface area contributed by atoms with Gasteiger partial charge in [-0.2, -0.15) is 0 Å². The molecule has 0 saturated carbocycles. The molecule has 2 nitrogen and oxygen atoms in total. The molecule has 2 atom stereocenters. The van der Waals surface area contributed by atoms with Crippen molar-refractivity contribution in [1.82, 2.24) is 0 Å². The highest BCUT2D eigenvalue weighted by molar-refractivity contribution is 5.31. The summed E-state index contributed by atoms with van der Waals surface area (Å²) in [4.78, 5) is 0. The van der Waals surface area contributed by atoms with Gasteiger partial charge in [-0.25, -0.2) is 4.39 Å². The van der Waals surface area contributed by atoms with Gasteiger partial charge in [-0.15, -0.1) is 0 Å². The zero-order chi connectivity index (χ0) is 9.26. The summed E-state index contributed by atoms with van der Waals surface area (Å²) in [5.41, 5.74) is 7.92. The summed E-state index contributed by atoms with van der Waals surface area (Å²) in [5.74, 6) is 0. The van der Waals surface area contributed by atoms with Gasteiger partial charge in [0.2, 0.25) is 0 Å². The van der Waals surface area contributed by atoms with Crippen LogP contribution in [0.3, 0.4) is 0 Å². The van der Waals surface area contributed by atoms with Gasteiger partial charge in [0.05, 0.1) is 12.6 Å². The number of ether oxygens (including phenoxy) is 1. The highest BCUT2D eigenvalue weighted by Crippen LogP contribution is 2.27. The number of alkyl halides is 1. The third kappa shape index (κ3) is 1.45. The number of rotatable bonds is 1. The third-order valence-corrected chi connectivity index (χ3v) is 2.42. The van der Waals surface area contributed by atoms with Gasteiger partial charge in [-0.1, -0.05) is 24.3 Å². The van der Waals surface area contributed by atoms with Crippen molar-refractivity contribution in [3.05, 3.63) is 35.4 Å². The molecule has 13 heavy (non-hydrogen) atoms. The standard InChI is InChI=1S/C10H12FNO/c11-5-9-10(12)8-4-2-1-3-7(8)6-13-9/h1-4,9-10H,5-6,12H2/t9-,10+/m0/s1. The van der Waals surface area contributed by atoms with Crippen LogP contribution in [0.2, 0.25) is 0 Å². The van der Waals surface area contributed by atoms with Crippen LogP contribution >= 0.6 is 0 Å². The Hall–Kier alpha value is -0.930. The van der Waals surface area contributed by atoms with Crippen LogP contribution < -0.4 is 5.73 Å². The Morgan fingerprint density at radius 3 is 3.00 bits per heavy atom. The predicted octanol–water partition coefficient (Wildman–Crippen LogP) is 1.55. The minimum absolute atomic E-state index is 0.324. The molecule has 2 rings (SSSR count). The van der Waals surface area contributed by atoms with E-state index in [1.54, 1.807) is 0 Å². The Labute approximate surface area is 76.5 Å². The quantitative estimate of drug-likeness (QED) is 0.713. The van der Waals surface area contributed by atoms with Gasteiger partial charge in [0.15, 0.2) is 0 Å². The molecule has 0 amide bonds. The van der Waals surface area contributed by atoms with Crippen molar-refractivity contribution >= 4 is 0 Å². The molecule has 1 aliphatic heterocycles. The number of hydrogen-bond acceptors (Lipinski definition) is 2. The molecule has 0 bridgehead atoms. The molecular formula is C10H12FNO. The first-order valence-corrected chi connectivity index (χ1v) is 4.34. The van der Waals surface area contributed by atoms with E-state index >= 15 is 0 Å². The lowest BCUT2D eigenvalue weighted by atomic mass is 9.95. The summed E-state index contributed by atoms with van der Waals surface area (Å²) in [6.45, 7) is -0.0477. The maximum atomic E-state index is 12.4. The SMILES string of the molecule is N[C@@H]1c2ccccc2CO[C@H]1CF. The zero-order valence-electron chi connectivity index (χ0n) is 7.24. The molecule has 1 heterocycles. The molecule has 0 unspecified atom stereocenters. The van der Waals surface area contributed by atoms with Crippen molar-refractivity contribution < 1.29 is 9.13 Å². The fourth-order valence-electron chi connectivity index (χ4n) is 1.63. The topological polar surface area (TPSA) is 35.2 Å². The minimum atomic E-state index is -0.518. The second-order valence-corrected chi connectivity index (χ2v) is 3.23. The van der Waals surface area contributed by atoms with Crippen LogP contribution in [-0.2, 0) is 11.3 Å². The first kappa shape index (κ1) is 8.66. The fraction of sp³-hybridized carbons (Fsp3) is 0.400. The number of fused-ring (bicyclic) bond motifs is 1. The number of hydrogen-bond donors (Lipinski definition) is 1. The molecule has 0 aromatic heterocycles. The van der Waals surface area contributed by atoms with E-state index in [0.717, 1.165) is 11.1 Å². The van der Waals surface area contributed by atoms with E-state index in [4.69, 9.17) is 10.5 Å². The van der Waals surface area contributed by atoms with Crippen LogP contribution in [0.15, 0.2) is 24.3 Å². The maximum absolute atomic E-state index is 12.4.